The molecule has 0 aliphatic rings. The summed E-state index contributed by atoms with van der Waals surface area (Å²) in [5, 5.41) is 0. The van der Waals surface area contributed by atoms with Crippen molar-refractivity contribution in [1.82, 2.24) is 9.55 Å². The van der Waals surface area contributed by atoms with Gasteiger partial charge in [0.15, 0.2) is 0 Å². The number of imidazole rings is 1. The molecule has 2 nitrogen and oxygen atoms in total. The molecule has 2 unspecified atom stereocenters. The Hall–Kier alpha value is -0.790. The van der Waals surface area contributed by atoms with Gasteiger partial charge in [-0.1, -0.05) is 149 Å². The van der Waals surface area contributed by atoms with Gasteiger partial charge in [-0.2, -0.15) is 0 Å². The lowest BCUT2D eigenvalue weighted by Crippen LogP contribution is -2.12. The summed E-state index contributed by atoms with van der Waals surface area (Å²) >= 11 is 0. The third-order valence-electron chi connectivity index (χ3n) is 7.91. The van der Waals surface area contributed by atoms with Crippen LogP contribution in [0.3, 0.4) is 0 Å². The van der Waals surface area contributed by atoms with Gasteiger partial charge in [0.2, 0.25) is 0 Å². The van der Waals surface area contributed by atoms with Crippen LogP contribution in [0.4, 0.5) is 0 Å². The second kappa shape index (κ2) is 22.7. The summed E-state index contributed by atoms with van der Waals surface area (Å²) in [4.78, 5) is 4.82. The topological polar surface area (TPSA) is 17.8 Å². The van der Waals surface area contributed by atoms with Crippen molar-refractivity contribution in [2.24, 2.45) is 0 Å². The van der Waals surface area contributed by atoms with Crippen LogP contribution >= 0.6 is 0 Å². The molecule has 0 spiro atoms. The monoisotopic (exact) mass is 474 g/mol. The van der Waals surface area contributed by atoms with Crippen molar-refractivity contribution in [3.8, 4) is 0 Å². The molecule has 1 heterocycles. The normalized spacial score (nSPS) is 13.4. The van der Waals surface area contributed by atoms with E-state index in [1.807, 2.05) is 6.20 Å². The zero-order chi connectivity index (χ0) is 24.7. The summed E-state index contributed by atoms with van der Waals surface area (Å²) in [6.07, 6.45) is 36.6. The van der Waals surface area contributed by atoms with E-state index in [9.17, 15) is 0 Å². The first-order valence-corrected chi connectivity index (χ1v) is 15.8. The van der Waals surface area contributed by atoms with Crippen LogP contribution < -0.4 is 0 Å². The van der Waals surface area contributed by atoms with E-state index in [0.29, 0.717) is 12.0 Å². The average molecular weight is 475 g/mol. The van der Waals surface area contributed by atoms with Crippen LogP contribution in [-0.2, 0) is 0 Å². The van der Waals surface area contributed by atoms with Crippen molar-refractivity contribution in [1.29, 1.82) is 0 Å². The summed E-state index contributed by atoms with van der Waals surface area (Å²) in [5.41, 5.74) is 0. The van der Waals surface area contributed by atoms with E-state index in [4.69, 9.17) is 4.98 Å². The zero-order valence-electron chi connectivity index (χ0n) is 24.0. The lowest BCUT2D eigenvalue weighted by Gasteiger charge is -2.21. The molecule has 2 atom stereocenters. The minimum Gasteiger partial charge on any atom is -0.332 e. The maximum absolute atomic E-state index is 4.82. The number of hydrogen-bond acceptors (Lipinski definition) is 1. The predicted molar refractivity (Wildman–Crippen MR) is 153 cm³/mol. The van der Waals surface area contributed by atoms with Gasteiger partial charge in [-0.25, -0.2) is 4.98 Å². The lowest BCUT2D eigenvalue weighted by molar-refractivity contribution is 0.425. The first-order valence-electron chi connectivity index (χ1n) is 15.8. The van der Waals surface area contributed by atoms with E-state index in [1.165, 1.54) is 154 Å². The maximum atomic E-state index is 4.82. The summed E-state index contributed by atoms with van der Waals surface area (Å²) in [7, 11) is 0. The quantitative estimate of drug-likeness (QED) is 0.129. The van der Waals surface area contributed by atoms with Gasteiger partial charge in [0.25, 0.3) is 0 Å². The fourth-order valence-electron chi connectivity index (χ4n) is 5.47. The largest absolute Gasteiger partial charge is 0.332 e. The van der Waals surface area contributed by atoms with E-state index in [2.05, 4.69) is 38.5 Å². The van der Waals surface area contributed by atoms with E-state index in [1.54, 1.807) is 0 Å². The Bertz CT molecular complexity index is 535. The lowest BCUT2D eigenvalue weighted by atomic mass is 9.96. The van der Waals surface area contributed by atoms with Gasteiger partial charge in [-0.3, -0.25) is 0 Å². The van der Waals surface area contributed by atoms with Gasteiger partial charge in [-0.05, 0) is 26.2 Å². The number of rotatable bonds is 25. The van der Waals surface area contributed by atoms with Crippen LogP contribution in [0.2, 0.25) is 0 Å². The highest BCUT2D eigenvalue weighted by atomic mass is 15.1. The van der Waals surface area contributed by atoms with Gasteiger partial charge in [0.1, 0.15) is 5.82 Å². The Morgan fingerprint density at radius 2 is 1.00 bits per heavy atom. The Kier molecular flexibility index (Phi) is 20.8. The SMILES string of the molecule is CCCCCCCCCCCCCCCCC(C)n1ccnc1C(CC)CCCCCCCC. The van der Waals surface area contributed by atoms with Crippen molar-refractivity contribution in [3.05, 3.63) is 18.2 Å². The molecule has 0 saturated heterocycles. The standard InChI is InChI=1S/C32H62N2/c1-5-8-10-12-14-15-16-17-18-19-20-21-22-24-26-30(4)34-29-28-33-32(34)31(7-3)27-25-23-13-11-9-6-2/h28-31H,5-27H2,1-4H3. The third-order valence-corrected chi connectivity index (χ3v) is 7.91. The summed E-state index contributed by atoms with van der Waals surface area (Å²) in [5.74, 6) is 1.99. The highest BCUT2D eigenvalue weighted by Gasteiger charge is 2.17. The Morgan fingerprint density at radius 1 is 0.588 bits per heavy atom. The second-order valence-corrected chi connectivity index (χ2v) is 11.1. The molecule has 1 aromatic rings. The third kappa shape index (κ3) is 15.3. The second-order valence-electron chi connectivity index (χ2n) is 11.1. The molecule has 1 rings (SSSR count). The number of nitrogens with zero attached hydrogens (tertiary/aromatic N) is 2. The Labute approximate surface area is 215 Å². The number of unbranched alkanes of at least 4 members (excludes halogenated alkanes) is 18. The van der Waals surface area contributed by atoms with E-state index in [0.717, 1.165) is 0 Å². The van der Waals surface area contributed by atoms with Crippen LogP contribution in [0.25, 0.3) is 0 Å². The van der Waals surface area contributed by atoms with E-state index < -0.39 is 0 Å². The molecule has 0 fully saturated rings. The number of aromatic nitrogens is 2. The molecule has 0 saturated carbocycles. The van der Waals surface area contributed by atoms with Crippen molar-refractivity contribution in [2.75, 3.05) is 0 Å². The van der Waals surface area contributed by atoms with E-state index >= 15 is 0 Å². The summed E-state index contributed by atoms with van der Waals surface area (Å²) in [6, 6.07) is 0.591. The zero-order valence-corrected chi connectivity index (χ0v) is 24.0. The molecule has 1 aromatic heterocycles. The molecular formula is C32H62N2. The van der Waals surface area contributed by atoms with Crippen LogP contribution in [0.5, 0.6) is 0 Å². The molecular weight excluding hydrogens is 412 g/mol. The number of hydrogen-bond donors (Lipinski definition) is 0. The summed E-state index contributed by atoms with van der Waals surface area (Å²) in [6.45, 7) is 9.35. The van der Waals surface area contributed by atoms with Crippen molar-refractivity contribution in [2.45, 2.75) is 187 Å². The fourth-order valence-corrected chi connectivity index (χ4v) is 5.47. The maximum Gasteiger partial charge on any atom is 0.111 e. The first-order chi connectivity index (χ1) is 16.7. The predicted octanol–water partition coefficient (Wildman–Crippen LogP) is 11.6. The Morgan fingerprint density at radius 3 is 1.44 bits per heavy atom. The fraction of sp³-hybridized carbons (Fsp3) is 0.906. The highest BCUT2D eigenvalue weighted by molar-refractivity contribution is 5.02. The van der Waals surface area contributed by atoms with Crippen molar-refractivity contribution in [3.63, 3.8) is 0 Å². The molecule has 0 aromatic carbocycles. The highest BCUT2D eigenvalue weighted by Crippen LogP contribution is 2.28. The van der Waals surface area contributed by atoms with Crippen LogP contribution in [0.1, 0.15) is 193 Å². The van der Waals surface area contributed by atoms with Gasteiger partial charge in [-0.15, -0.1) is 0 Å². The molecule has 34 heavy (non-hydrogen) atoms. The van der Waals surface area contributed by atoms with Crippen molar-refractivity contribution < 1.29 is 0 Å². The summed E-state index contributed by atoms with van der Waals surface area (Å²) < 4.78 is 2.51. The molecule has 0 N–H and O–H groups in total. The van der Waals surface area contributed by atoms with Gasteiger partial charge >= 0.3 is 0 Å². The molecule has 0 aliphatic carbocycles. The van der Waals surface area contributed by atoms with Crippen molar-refractivity contribution >= 4 is 0 Å². The smallest absolute Gasteiger partial charge is 0.111 e. The average Bonchev–Trinajstić information content (AvgIpc) is 3.33. The van der Waals surface area contributed by atoms with Gasteiger partial charge in [0, 0.05) is 24.4 Å². The molecule has 0 bridgehead atoms. The molecule has 200 valence electrons. The molecule has 0 amide bonds. The molecule has 0 radical (unpaired) electrons. The first kappa shape index (κ1) is 31.2. The van der Waals surface area contributed by atoms with E-state index in [-0.39, 0.29) is 0 Å². The molecule has 2 heteroatoms. The van der Waals surface area contributed by atoms with Gasteiger partial charge < -0.3 is 4.57 Å². The minimum absolute atomic E-state index is 0.591. The van der Waals surface area contributed by atoms with Crippen LogP contribution in [-0.4, -0.2) is 9.55 Å². The Balaban J connectivity index is 2.10. The van der Waals surface area contributed by atoms with Gasteiger partial charge in [0.05, 0.1) is 0 Å². The van der Waals surface area contributed by atoms with Crippen LogP contribution in [0, 0.1) is 0 Å². The van der Waals surface area contributed by atoms with Crippen LogP contribution in [0.15, 0.2) is 12.4 Å². The minimum atomic E-state index is 0.591. The molecule has 0 aliphatic heterocycles.